The van der Waals surface area contributed by atoms with Crippen molar-refractivity contribution in [2.24, 2.45) is 34.0 Å². The van der Waals surface area contributed by atoms with E-state index in [-0.39, 0.29) is 24.7 Å². The van der Waals surface area contributed by atoms with Crippen molar-refractivity contribution in [3.8, 4) is 0 Å². The summed E-state index contributed by atoms with van der Waals surface area (Å²) in [5.41, 5.74) is -1.77. The quantitative estimate of drug-likeness (QED) is 0.0344. The van der Waals surface area contributed by atoms with Gasteiger partial charge in [-0.05, 0) is 74.5 Å². The van der Waals surface area contributed by atoms with Crippen molar-refractivity contribution < 1.29 is 164 Å². The molecule has 6 aliphatic heterocycles. The summed E-state index contributed by atoms with van der Waals surface area (Å²) >= 11 is 0. The Morgan fingerprint density at radius 2 is 0.798 bits per heavy atom. The highest BCUT2D eigenvalue weighted by atomic mass is 16.8. The van der Waals surface area contributed by atoms with Gasteiger partial charge in [0.05, 0.1) is 51.2 Å². The van der Waals surface area contributed by atoms with Crippen LogP contribution < -0.4 is 0 Å². The number of esters is 1. The summed E-state index contributed by atoms with van der Waals surface area (Å²) in [6.07, 6.45) is -53.2. The van der Waals surface area contributed by atoms with Crippen molar-refractivity contribution in [3.63, 3.8) is 0 Å². The molecule has 33 nitrogen and oxygen atoms in total. The SMILES string of the molecule is C=C1C[C@@]23CCC4[C@](C)(C(=O)OC5OC(CO)C(O)C(OC6OC(CO)C(O)C(O)C6O)C5OC5OC(CO)C(O)C(O)C5O)CCC[C@@]4(C)[C@@H]2CC(OC2OC(CO)C(O)C(OC4OC(CO)C(O)C(O)C4O)C2OC2OC(CO)C(O)C(O)C2O)C1C3. The van der Waals surface area contributed by atoms with Crippen LogP contribution in [0, 0.1) is 34.0 Å². The van der Waals surface area contributed by atoms with Gasteiger partial charge in [-0.1, -0.05) is 25.5 Å². The molecule has 10 rings (SSSR count). The molecule has 0 aromatic carbocycles. The molecule has 33 unspecified atom stereocenters. The Kier molecular flexibility index (Phi) is 21.6. The minimum atomic E-state index is -2.09. The molecule has 10 aliphatic rings. The summed E-state index contributed by atoms with van der Waals surface area (Å²) < 4.78 is 72.9. The number of ether oxygens (including phenoxy) is 12. The van der Waals surface area contributed by atoms with E-state index in [1.54, 1.807) is 6.92 Å². The van der Waals surface area contributed by atoms with Gasteiger partial charge >= 0.3 is 5.97 Å². The summed E-state index contributed by atoms with van der Waals surface area (Å²) in [6, 6.07) is 0. The van der Waals surface area contributed by atoms with Crippen molar-refractivity contribution in [3.05, 3.63) is 12.2 Å². The Bertz CT molecular complexity index is 2380. The summed E-state index contributed by atoms with van der Waals surface area (Å²) in [5, 5.41) is 215. The monoisotopic (exact) mass is 1290 g/mol. The second-order valence-corrected chi connectivity index (χ2v) is 26.4. The predicted octanol–water partition coefficient (Wildman–Crippen LogP) is -9.61. The maximum atomic E-state index is 15.5. The summed E-state index contributed by atoms with van der Waals surface area (Å²) in [4.78, 5) is 15.5. The number of fused-ring (bicyclic) bond motifs is 3. The van der Waals surface area contributed by atoms with Crippen LogP contribution in [0.25, 0.3) is 0 Å². The second-order valence-electron chi connectivity index (χ2n) is 26.4. The van der Waals surface area contributed by atoms with Gasteiger partial charge < -0.3 is 159 Å². The first-order valence-corrected chi connectivity index (χ1v) is 30.4. The number of rotatable bonds is 18. The molecule has 4 saturated carbocycles. The molecule has 6 saturated heterocycles. The average molecular weight is 1290 g/mol. The summed E-state index contributed by atoms with van der Waals surface area (Å²) in [5.74, 6) is -2.07. The molecule has 10 fully saturated rings. The lowest BCUT2D eigenvalue weighted by Gasteiger charge is -2.64. The van der Waals surface area contributed by atoms with E-state index in [1.165, 1.54) is 0 Å². The van der Waals surface area contributed by atoms with E-state index in [9.17, 15) is 102 Å². The van der Waals surface area contributed by atoms with Crippen molar-refractivity contribution >= 4 is 5.97 Å². The maximum absolute atomic E-state index is 15.5. The van der Waals surface area contributed by atoms with E-state index in [0.29, 0.717) is 38.5 Å². The number of aliphatic hydroxyl groups excluding tert-OH is 20. The van der Waals surface area contributed by atoms with Crippen molar-refractivity contribution in [2.75, 3.05) is 39.6 Å². The smallest absolute Gasteiger partial charge is 0.314 e. The molecule has 0 radical (unpaired) electrons. The third-order valence-corrected chi connectivity index (χ3v) is 21.2. The van der Waals surface area contributed by atoms with Gasteiger partial charge in [0.25, 0.3) is 0 Å². The molecule has 6 heterocycles. The topological polar surface area (TPSA) is 532 Å². The van der Waals surface area contributed by atoms with Crippen LogP contribution in [0.4, 0.5) is 0 Å². The molecule has 33 heteroatoms. The minimum Gasteiger partial charge on any atom is -0.432 e. The van der Waals surface area contributed by atoms with Crippen LogP contribution in [0.15, 0.2) is 12.2 Å². The van der Waals surface area contributed by atoms with E-state index in [0.717, 1.165) is 5.57 Å². The van der Waals surface area contributed by atoms with E-state index in [2.05, 4.69) is 13.5 Å². The van der Waals surface area contributed by atoms with Crippen LogP contribution in [-0.2, 0) is 61.6 Å². The Balaban J connectivity index is 0.948. The molecule has 0 aromatic rings. The van der Waals surface area contributed by atoms with Crippen LogP contribution in [0.5, 0.6) is 0 Å². The first-order valence-electron chi connectivity index (χ1n) is 30.4. The van der Waals surface area contributed by atoms with Crippen LogP contribution in [0.3, 0.4) is 0 Å². The molecule has 89 heavy (non-hydrogen) atoms. The van der Waals surface area contributed by atoms with E-state index in [1.807, 2.05) is 0 Å². The molecule has 4 aliphatic carbocycles. The molecule has 37 atom stereocenters. The zero-order valence-corrected chi connectivity index (χ0v) is 49.0. The Hall–Kier alpha value is -2.03. The van der Waals surface area contributed by atoms with Crippen molar-refractivity contribution in [2.45, 2.75) is 256 Å². The fourth-order valence-corrected chi connectivity index (χ4v) is 16.3. The highest BCUT2D eigenvalue weighted by Gasteiger charge is 2.69. The van der Waals surface area contributed by atoms with E-state index >= 15 is 4.79 Å². The predicted molar refractivity (Wildman–Crippen MR) is 284 cm³/mol. The lowest BCUT2D eigenvalue weighted by molar-refractivity contribution is -0.397. The lowest BCUT2D eigenvalue weighted by Crippen LogP contribution is -2.68. The highest BCUT2D eigenvalue weighted by Crippen LogP contribution is 2.73. The number of aliphatic hydroxyl groups is 20. The largest absolute Gasteiger partial charge is 0.432 e. The first-order chi connectivity index (χ1) is 42.1. The molecule has 512 valence electrons. The molecular formula is C56H90O33. The van der Waals surface area contributed by atoms with Gasteiger partial charge in [0, 0.05) is 5.92 Å². The fraction of sp³-hybridized carbons (Fsp3) is 0.946. The van der Waals surface area contributed by atoms with Crippen molar-refractivity contribution in [1.82, 2.24) is 0 Å². The van der Waals surface area contributed by atoms with E-state index < -0.39 is 258 Å². The van der Waals surface area contributed by atoms with Gasteiger partial charge in [0.15, 0.2) is 37.6 Å². The van der Waals surface area contributed by atoms with Gasteiger partial charge in [-0.3, -0.25) is 4.79 Å². The average Bonchev–Trinajstić information content (AvgIpc) is 1.69. The van der Waals surface area contributed by atoms with Crippen LogP contribution >= 0.6 is 0 Å². The van der Waals surface area contributed by atoms with Crippen molar-refractivity contribution in [1.29, 1.82) is 0 Å². The summed E-state index contributed by atoms with van der Waals surface area (Å²) in [7, 11) is 0. The van der Waals surface area contributed by atoms with Crippen LogP contribution in [-0.4, -0.2) is 338 Å². The molecule has 0 amide bonds. The molecule has 20 N–H and O–H groups in total. The third kappa shape index (κ3) is 12.5. The standard InChI is InChI=1S/C56H90O33/c1-18-10-56-8-5-27-54(2,6-4-7-55(27,3)53(77)89-52-46(88-50-42(76)38(72)32(66)24(15-60)82-50)44(34(68)26(17-62)84-52)86-48-40(74)36(70)30(64)22(13-58)80-48)28(56)9-20(19(18)11-56)78-51-45(87-49-41(75)37(71)31(65)23(14-59)81-49)43(33(67)25(16-61)83-51)85-47-39(73)35(69)29(63)21(12-57)79-47/h19-52,57-76H,1,4-17H2,2-3H3/t19?,20?,21?,22?,23?,24?,25?,26?,27?,28-,29?,30?,31?,32?,33?,34?,35?,36?,37?,38?,39?,40?,41?,42?,43?,44?,45?,46?,47?,48?,49?,50?,51?,52?,54+,55+,56+/m0/s1. The third-order valence-electron chi connectivity index (χ3n) is 21.2. The Labute approximate surface area is 509 Å². The first kappa shape index (κ1) is 69.8. The lowest BCUT2D eigenvalue weighted by atomic mass is 9.41. The number of hydrogen-bond acceptors (Lipinski definition) is 33. The molecule has 2 bridgehead atoms. The summed E-state index contributed by atoms with van der Waals surface area (Å²) in [6.45, 7) is 2.88. The van der Waals surface area contributed by atoms with Gasteiger partial charge in [-0.15, -0.1) is 0 Å². The highest BCUT2D eigenvalue weighted by molar-refractivity contribution is 5.77. The van der Waals surface area contributed by atoms with Crippen LogP contribution in [0.2, 0.25) is 0 Å². The normalized spacial score (nSPS) is 54.5. The number of carbonyl (C=O) groups is 1. The zero-order valence-electron chi connectivity index (χ0n) is 49.0. The Morgan fingerprint density at radius 3 is 1.20 bits per heavy atom. The van der Waals surface area contributed by atoms with Gasteiger partial charge in [0.2, 0.25) is 6.29 Å². The fourth-order valence-electron chi connectivity index (χ4n) is 16.3. The van der Waals surface area contributed by atoms with Gasteiger partial charge in [-0.25, -0.2) is 0 Å². The van der Waals surface area contributed by atoms with E-state index in [4.69, 9.17) is 56.8 Å². The van der Waals surface area contributed by atoms with Crippen LogP contribution in [0.1, 0.15) is 65.2 Å². The van der Waals surface area contributed by atoms with Gasteiger partial charge in [-0.2, -0.15) is 0 Å². The molecule has 1 spiro atoms. The number of carbonyl (C=O) groups excluding carboxylic acids is 1. The second kappa shape index (κ2) is 27.6. The number of hydrogen-bond donors (Lipinski definition) is 20. The zero-order chi connectivity index (χ0) is 64.7. The molecule has 0 aromatic heterocycles. The molecular weight excluding hydrogens is 1200 g/mol. The minimum absolute atomic E-state index is 0.233. The van der Waals surface area contributed by atoms with Gasteiger partial charge in [0.1, 0.15) is 140 Å². The Morgan fingerprint density at radius 1 is 0.438 bits per heavy atom. The maximum Gasteiger partial charge on any atom is 0.314 e.